The molecular weight excluding hydrogens is 273 g/mol. The lowest BCUT2D eigenvalue weighted by atomic mass is 10.0. The molecular formula is C11H12FN3O3S. The summed E-state index contributed by atoms with van der Waals surface area (Å²) in [5, 5.41) is 10.7. The molecule has 8 heteroatoms. The van der Waals surface area contributed by atoms with Gasteiger partial charge in [0.1, 0.15) is 0 Å². The Morgan fingerprint density at radius 3 is 2.79 bits per heavy atom. The minimum atomic E-state index is -0.589. The molecule has 0 amide bonds. The molecule has 6 nitrogen and oxygen atoms in total. The number of benzene rings is 1. The minimum absolute atomic E-state index is 0.0171. The van der Waals surface area contributed by atoms with E-state index in [1.54, 1.807) is 6.92 Å². The van der Waals surface area contributed by atoms with Gasteiger partial charge in [0.05, 0.1) is 16.7 Å². The van der Waals surface area contributed by atoms with Crippen molar-refractivity contribution in [3.05, 3.63) is 45.6 Å². The fraction of sp³-hybridized carbons (Fsp3) is 0.182. The van der Waals surface area contributed by atoms with Gasteiger partial charge in [-0.2, -0.15) is 0 Å². The Labute approximate surface area is 113 Å². The van der Waals surface area contributed by atoms with E-state index in [0.29, 0.717) is 16.8 Å². The summed E-state index contributed by atoms with van der Waals surface area (Å²) in [7, 11) is 1.54. The Kier molecular flexibility index (Phi) is 5.31. The van der Waals surface area contributed by atoms with Crippen LogP contribution in [0.5, 0.6) is 5.75 Å². The van der Waals surface area contributed by atoms with Gasteiger partial charge in [-0.05, 0) is 24.8 Å². The van der Waals surface area contributed by atoms with Crippen LogP contribution in [0.3, 0.4) is 0 Å². The highest BCUT2D eigenvalue weighted by atomic mass is 32.2. The number of hydrogen-bond acceptors (Lipinski definition) is 6. The number of nitrogens with zero attached hydrogens (tertiary/aromatic N) is 2. The van der Waals surface area contributed by atoms with Crippen molar-refractivity contribution in [3.63, 3.8) is 0 Å². The summed E-state index contributed by atoms with van der Waals surface area (Å²) in [6, 6.07) is 3.87. The predicted molar refractivity (Wildman–Crippen MR) is 72.8 cm³/mol. The summed E-state index contributed by atoms with van der Waals surface area (Å²) < 4.78 is 17.0. The largest absolute Gasteiger partial charge is 0.404 e. The van der Waals surface area contributed by atoms with Crippen LogP contribution < -0.4 is 9.92 Å². The average molecular weight is 285 g/mol. The lowest BCUT2D eigenvalue weighted by molar-refractivity contribution is -0.384. The number of allylic oxidation sites excluding steroid dienone is 1. The standard InChI is InChI=1S/C11H12FN3O3S/c1-7(6-13)11(14-2)9-4-3-8(15(16)17)5-10(9)18-19-12/h3-6H,13H2,1-2H3. The number of nitro benzene ring substituents is 1. The normalized spacial score (nSPS) is 12.4. The summed E-state index contributed by atoms with van der Waals surface area (Å²) in [4.78, 5) is 14.1. The molecule has 1 rings (SSSR count). The molecule has 0 bridgehead atoms. The molecule has 102 valence electrons. The molecule has 0 aliphatic heterocycles. The Morgan fingerprint density at radius 1 is 1.63 bits per heavy atom. The molecule has 0 atom stereocenters. The first kappa shape index (κ1) is 15.0. The van der Waals surface area contributed by atoms with Crippen molar-refractivity contribution >= 4 is 23.8 Å². The zero-order chi connectivity index (χ0) is 14.4. The first-order chi connectivity index (χ1) is 9.04. The lowest BCUT2D eigenvalue weighted by Gasteiger charge is -2.10. The second kappa shape index (κ2) is 6.74. The molecule has 0 saturated carbocycles. The van der Waals surface area contributed by atoms with Crippen LogP contribution in [-0.4, -0.2) is 17.7 Å². The maximum atomic E-state index is 12.3. The molecule has 0 unspecified atom stereocenters. The number of nitro groups is 1. The van der Waals surface area contributed by atoms with Crippen molar-refractivity contribution in [2.45, 2.75) is 6.92 Å². The van der Waals surface area contributed by atoms with Crippen molar-refractivity contribution < 1.29 is 13.0 Å². The molecule has 0 spiro atoms. The fourth-order valence-electron chi connectivity index (χ4n) is 1.51. The molecule has 0 radical (unpaired) electrons. The van der Waals surface area contributed by atoms with Gasteiger partial charge in [-0.3, -0.25) is 15.1 Å². The molecule has 1 aromatic rings. The second-order valence-electron chi connectivity index (χ2n) is 3.51. The van der Waals surface area contributed by atoms with E-state index in [0.717, 1.165) is 6.07 Å². The van der Waals surface area contributed by atoms with Crippen LogP contribution in [0.4, 0.5) is 9.57 Å². The van der Waals surface area contributed by atoms with Gasteiger partial charge < -0.3 is 9.92 Å². The maximum absolute atomic E-state index is 12.3. The molecule has 0 heterocycles. The fourth-order valence-corrected chi connectivity index (χ4v) is 1.72. The van der Waals surface area contributed by atoms with Gasteiger partial charge in [-0.1, -0.05) is 0 Å². The first-order valence-corrected chi connectivity index (χ1v) is 5.79. The van der Waals surface area contributed by atoms with Gasteiger partial charge in [0.2, 0.25) is 0 Å². The Hall–Kier alpha value is -2.09. The van der Waals surface area contributed by atoms with Crippen molar-refractivity contribution in [1.82, 2.24) is 0 Å². The summed E-state index contributed by atoms with van der Waals surface area (Å²) in [5.41, 5.74) is 6.77. The topological polar surface area (TPSA) is 90.8 Å². The number of rotatable bonds is 5. The molecule has 2 N–H and O–H groups in total. The summed E-state index contributed by atoms with van der Waals surface area (Å²) >= 11 is -0.392. The highest BCUT2D eigenvalue weighted by Crippen LogP contribution is 2.29. The SMILES string of the molecule is CN=C(C(C)=CN)c1ccc([N+](=O)[O-])cc1OSF. The van der Waals surface area contributed by atoms with Crippen molar-refractivity contribution in [3.8, 4) is 5.75 Å². The van der Waals surface area contributed by atoms with Crippen molar-refractivity contribution in [2.75, 3.05) is 7.05 Å². The van der Waals surface area contributed by atoms with Gasteiger partial charge in [0.15, 0.2) is 5.75 Å². The van der Waals surface area contributed by atoms with Gasteiger partial charge >= 0.3 is 0 Å². The van der Waals surface area contributed by atoms with Crippen molar-refractivity contribution in [2.24, 2.45) is 10.7 Å². The van der Waals surface area contributed by atoms with E-state index in [-0.39, 0.29) is 11.4 Å². The summed E-state index contributed by atoms with van der Waals surface area (Å²) in [5.74, 6) is 0.0171. The highest BCUT2D eigenvalue weighted by molar-refractivity contribution is 7.89. The molecule has 0 aromatic heterocycles. The predicted octanol–water partition coefficient (Wildman–Crippen LogP) is 2.79. The van der Waals surface area contributed by atoms with E-state index in [4.69, 9.17) is 9.92 Å². The van der Waals surface area contributed by atoms with E-state index in [2.05, 4.69) is 4.99 Å². The quantitative estimate of drug-likeness (QED) is 0.389. The number of aliphatic imine (C=N–C) groups is 1. The monoisotopic (exact) mass is 285 g/mol. The zero-order valence-electron chi connectivity index (χ0n) is 10.3. The molecule has 0 aliphatic rings. The summed E-state index contributed by atoms with van der Waals surface area (Å²) in [6.07, 6.45) is 1.34. The third kappa shape index (κ3) is 3.44. The van der Waals surface area contributed by atoms with Crippen LogP contribution in [0.1, 0.15) is 12.5 Å². The van der Waals surface area contributed by atoms with Gasteiger partial charge in [0, 0.05) is 18.7 Å². The van der Waals surface area contributed by atoms with Gasteiger partial charge in [-0.15, -0.1) is 3.89 Å². The number of non-ortho nitro benzene ring substituents is 1. The number of hydrogen-bond donors (Lipinski definition) is 1. The van der Waals surface area contributed by atoms with Gasteiger partial charge in [0.25, 0.3) is 18.1 Å². The maximum Gasteiger partial charge on any atom is 0.273 e. The van der Waals surface area contributed by atoms with E-state index in [1.807, 2.05) is 0 Å². The molecule has 0 aliphatic carbocycles. The van der Waals surface area contributed by atoms with Crippen LogP contribution in [-0.2, 0) is 0 Å². The number of nitrogens with two attached hydrogens (primary N) is 1. The van der Waals surface area contributed by atoms with Crippen LogP contribution in [0.25, 0.3) is 0 Å². The third-order valence-corrected chi connectivity index (χ3v) is 2.64. The average Bonchev–Trinajstić information content (AvgIpc) is 2.40. The summed E-state index contributed by atoms with van der Waals surface area (Å²) in [6.45, 7) is 1.72. The first-order valence-electron chi connectivity index (χ1n) is 5.14. The molecule has 19 heavy (non-hydrogen) atoms. The van der Waals surface area contributed by atoms with Crippen LogP contribution in [0.15, 0.2) is 35.0 Å². The number of halogens is 1. The Bertz CT molecular complexity index is 546. The van der Waals surface area contributed by atoms with E-state index in [1.165, 1.54) is 25.4 Å². The lowest BCUT2D eigenvalue weighted by Crippen LogP contribution is -2.06. The van der Waals surface area contributed by atoms with E-state index >= 15 is 0 Å². The van der Waals surface area contributed by atoms with E-state index < -0.39 is 17.4 Å². The molecule has 0 fully saturated rings. The molecule has 0 saturated heterocycles. The van der Waals surface area contributed by atoms with Gasteiger partial charge in [-0.25, -0.2) is 0 Å². The zero-order valence-corrected chi connectivity index (χ0v) is 11.1. The van der Waals surface area contributed by atoms with Crippen LogP contribution in [0.2, 0.25) is 0 Å². The minimum Gasteiger partial charge on any atom is -0.404 e. The Morgan fingerprint density at radius 2 is 2.32 bits per heavy atom. The third-order valence-electron chi connectivity index (χ3n) is 2.40. The van der Waals surface area contributed by atoms with Crippen LogP contribution in [0, 0.1) is 10.1 Å². The smallest absolute Gasteiger partial charge is 0.273 e. The van der Waals surface area contributed by atoms with E-state index in [9.17, 15) is 14.0 Å². The van der Waals surface area contributed by atoms with Crippen molar-refractivity contribution in [1.29, 1.82) is 0 Å². The Balaban J connectivity index is 3.38. The molecule has 1 aromatic carbocycles. The highest BCUT2D eigenvalue weighted by Gasteiger charge is 2.17. The van der Waals surface area contributed by atoms with Crippen LogP contribution >= 0.6 is 12.4 Å². The second-order valence-corrected chi connectivity index (χ2v) is 3.80.